The summed E-state index contributed by atoms with van der Waals surface area (Å²) in [6.45, 7) is 9.39. The number of thiocarbonyl (C=S) groups is 1. The molecule has 0 bridgehead atoms. The van der Waals surface area contributed by atoms with E-state index in [9.17, 15) is 0 Å². The van der Waals surface area contributed by atoms with Gasteiger partial charge in [-0.05, 0) is 26.0 Å². The van der Waals surface area contributed by atoms with Gasteiger partial charge in [0.1, 0.15) is 0 Å². The van der Waals surface area contributed by atoms with E-state index in [1.165, 1.54) is 16.7 Å². The van der Waals surface area contributed by atoms with Crippen LogP contribution in [0.15, 0.2) is 18.2 Å². The molecule has 2 N–H and O–H groups in total. The molecule has 0 aliphatic rings. The molecule has 1 rings (SSSR count). The minimum absolute atomic E-state index is 0.601. The molecule has 0 unspecified atom stereocenters. The van der Waals surface area contributed by atoms with Crippen molar-refractivity contribution in [2.24, 2.45) is 5.73 Å². The van der Waals surface area contributed by atoms with Crippen LogP contribution in [-0.2, 0) is 6.54 Å². The molecule has 94 valence electrons. The third-order valence-corrected chi connectivity index (χ3v) is 3.01. The van der Waals surface area contributed by atoms with Crippen LogP contribution in [0, 0.1) is 13.8 Å². The van der Waals surface area contributed by atoms with Crippen LogP contribution in [0.3, 0.4) is 0 Å². The minimum Gasteiger partial charge on any atom is -0.393 e. The predicted molar refractivity (Wildman–Crippen MR) is 78.3 cm³/mol. The van der Waals surface area contributed by atoms with Gasteiger partial charge in [0.05, 0.1) is 4.99 Å². The van der Waals surface area contributed by atoms with E-state index in [4.69, 9.17) is 18.0 Å². The van der Waals surface area contributed by atoms with Gasteiger partial charge in [0, 0.05) is 19.5 Å². The van der Waals surface area contributed by atoms with E-state index in [0.717, 1.165) is 26.1 Å². The lowest BCUT2D eigenvalue weighted by Crippen LogP contribution is -2.27. The Bertz CT molecular complexity index is 368. The van der Waals surface area contributed by atoms with Crippen LogP contribution in [0.5, 0.6) is 0 Å². The van der Waals surface area contributed by atoms with E-state index in [1.54, 1.807) is 0 Å². The quantitative estimate of drug-likeness (QED) is 0.787. The highest BCUT2D eigenvalue weighted by Gasteiger charge is 2.05. The molecule has 1 aromatic carbocycles. The molecule has 0 heterocycles. The number of hydrogen-bond donors (Lipinski definition) is 1. The van der Waals surface area contributed by atoms with E-state index in [0.29, 0.717) is 4.99 Å². The van der Waals surface area contributed by atoms with Crippen LogP contribution in [0.2, 0.25) is 0 Å². The molecule has 0 saturated heterocycles. The molecular formula is C14H22N2S. The Balaban J connectivity index is 2.63. The summed E-state index contributed by atoms with van der Waals surface area (Å²) in [6.07, 6.45) is 0.800. The Kier molecular flexibility index (Phi) is 5.59. The monoisotopic (exact) mass is 250 g/mol. The molecule has 0 saturated carbocycles. The molecule has 0 aliphatic carbocycles. The first kappa shape index (κ1) is 14.1. The lowest BCUT2D eigenvalue weighted by Gasteiger charge is -2.20. The number of benzene rings is 1. The lowest BCUT2D eigenvalue weighted by atomic mass is 10.1. The normalized spacial score (nSPS) is 10.8. The minimum atomic E-state index is 0.601. The summed E-state index contributed by atoms with van der Waals surface area (Å²) >= 11 is 4.92. The number of nitrogens with two attached hydrogens (primary N) is 1. The molecular weight excluding hydrogens is 228 g/mol. The fourth-order valence-corrected chi connectivity index (χ4v) is 2.13. The molecule has 2 nitrogen and oxygen atoms in total. The van der Waals surface area contributed by atoms with Crippen molar-refractivity contribution in [3.8, 4) is 0 Å². The number of rotatable bonds is 6. The zero-order chi connectivity index (χ0) is 12.8. The summed E-state index contributed by atoms with van der Waals surface area (Å²) < 4.78 is 0. The fourth-order valence-electron chi connectivity index (χ4n) is 2.04. The second-order valence-corrected chi connectivity index (χ2v) is 5.11. The van der Waals surface area contributed by atoms with Crippen molar-refractivity contribution in [1.82, 2.24) is 4.90 Å². The van der Waals surface area contributed by atoms with Crippen LogP contribution in [0.1, 0.15) is 30.0 Å². The molecule has 17 heavy (non-hydrogen) atoms. The van der Waals surface area contributed by atoms with Crippen LogP contribution >= 0.6 is 12.2 Å². The average molecular weight is 250 g/mol. The second kappa shape index (κ2) is 6.72. The van der Waals surface area contributed by atoms with Gasteiger partial charge in [0.2, 0.25) is 0 Å². The molecule has 0 aliphatic heterocycles. The predicted octanol–water partition coefficient (Wildman–Crippen LogP) is 2.80. The van der Waals surface area contributed by atoms with E-state index < -0.39 is 0 Å². The third kappa shape index (κ3) is 5.29. The highest BCUT2D eigenvalue weighted by Crippen LogP contribution is 2.11. The zero-order valence-electron chi connectivity index (χ0n) is 11.0. The summed E-state index contributed by atoms with van der Waals surface area (Å²) in [7, 11) is 0. The van der Waals surface area contributed by atoms with Crippen LogP contribution in [-0.4, -0.2) is 23.0 Å². The maximum atomic E-state index is 5.54. The van der Waals surface area contributed by atoms with Crippen LogP contribution < -0.4 is 5.73 Å². The molecule has 0 fully saturated rings. The van der Waals surface area contributed by atoms with Crippen LogP contribution in [0.25, 0.3) is 0 Å². The van der Waals surface area contributed by atoms with Gasteiger partial charge in [-0.15, -0.1) is 0 Å². The molecule has 1 aromatic rings. The maximum absolute atomic E-state index is 5.54. The topological polar surface area (TPSA) is 29.3 Å². The van der Waals surface area contributed by atoms with Gasteiger partial charge >= 0.3 is 0 Å². The smallest absolute Gasteiger partial charge is 0.0740 e. The highest BCUT2D eigenvalue weighted by atomic mass is 32.1. The first-order valence-corrected chi connectivity index (χ1v) is 6.50. The van der Waals surface area contributed by atoms with Crippen molar-refractivity contribution < 1.29 is 0 Å². The van der Waals surface area contributed by atoms with Crippen LogP contribution in [0.4, 0.5) is 0 Å². The van der Waals surface area contributed by atoms with Crippen molar-refractivity contribution in [2.45, 2.75) is 33.7 Å². The van der Waals surface area contributed by atoms with E-state index in [-0.39, 0.29) is 0 Å². The maximum Gasteiger partial charge on any atom is 0.0740 e. The summed E-state index contributed by atoms with van der Waals surface area (Å²) in [5, 5.41) is 0. The SMILES string of the molecule is CCN(CCC(N)=S)Cc1cc(C)cc(C)c1. The van der Waals surface area contributed by atoms with E-state index in [2.05, 4.69) is 43.9 Å². The summed E-state index contributed by atoms with van der Waals surface area (Å²) in [4.78, 5) is 2.97. The molecule has 3 heteroatoms. The Morgan fingerprint density at radius 3 is 2.29 bits per heavy atom. The van der Waals surface area contributed by atoms with Crippen molar-refractivity contribution in [3.05, 3.63) is 34.9 Å². The summed E-state index contributed by atoms with van der Waals surface area (Å²) in [5.41, 5.74) is 9.56. The standard InChI is InChI=1S/C14H22N2S/c1-4-16(6-5-14(15)17)10-13-8-11(2)7-12(3)9-13/h7-9H,4-6,10H2,1-3H3,(H2,15,17). The molecule has 0 spiro atoms. The average Bonchev–Trinajstić information content (AvgIpc) is 2.22. The third-order valence-electron chi connectivity index (χ3n) is 2.81. The summed E-state index contributed by atoms with van der Waals surface area (Å²) in [5.74, 6) is 0. The van der Waals surface area contributed by atoms with E-state index in [1.807, 2.05) is 0 Å². The zero-order valence-corrected chi connectivity index (χ0v) is 11.8. The summed E-state index contributed by atoms with van der Waals surface area (Å²) in [6, 6.07) is 6.70. The second-order valence-electron chi connectivity index (χ2n) is 4.58. The van der Waals surface area contributed by atoms with Crippen molar-refractivity contribution in [1.29, 1.82) is 0 Å². The first-order valence-electron chi connectivity index (χ1n) is 6.09. The Morgan fingerprint density at radius 1 is 1.24 bits per heavy atom. The van der Waals surface area contributed by atoms with Gasteiger partial charge in [0.25, 0.3) is 0 Å². The van der Waals surface area contributed by atoms with Gasteiger partial charge < -0.3 is 5.73 Å². The highest BCUT2D eigenvalue weighted by molar-refractivity contribution is 7.80. The largest absolute Gasteiger partial charge is 0.393 e. The van der Waals surface area contributed by atoms with E-state index >= 15 is 0 Å². The Labute approximate surface area is 110 Å². The van der Waals surface area contributed by atoms with Gasteiger partial charge in [-0.25, -0.2) is 0 Å². The van der Waals surface area contributed by atoms with Gasteiger partial charge in [0.15, 0.2) is 0 Å². The van der Waals surface area contributed by atoms with Gasteiger partial charge in [-0.3, -0.25) is 4.90 Å². The fraction of sp³-hybridized carbons (Fsp3) is 0.500. The molecule has 0 radical (unpaired) electrons. The molecule has 0 aromatic heterocycles. The molecule has 0 atom stereocenters. The number of hydrogen-bond acceptors (Lipinski definition) is 2. The Morgan fingerprint density at radius 2 is 1.82 bits per heavy atom. The van der Waals surface area contributed by atoms with Crippen molar-refractivity contribution in [3.63, 3.8) is 0 Å². The number of aryl methyl sites for hydroxylation is 2. The van der Waals surface area contributed by atoms with Gasteiger partial charge in [-0.1, -0.05) is 48.5 Å². The number of nitrogens with zero attached hydrogens (tertiary/aromatic N) is 1. The first-order chi connectivity index (χ1) is 8.01. The van der Waals surface area contributed by atoms with Crippen molar-refractivity contribution >= 4 is 17.2 Å². The molecule has 0 amide bonds. The lowest BCUT2D eigenvalue weighted by molar-refractivity contribution is 0.288. The Hall–Kier alpha value is -0.930. The van der Waals surface area contributed by atoms with Gasteiger partial charge in [-0.2, -0.15) is 0 Å². The van der Waals surface area contributed by atoms with Crippen molar-refractivity contribution in [2.75, 3.05) is 13.1 Å².